The SMILES string of the molecule is Brc1ccc2oc3ccc(N(c4cccc(-c5ccccc5)c4)c4cccc(-c5ccccc5)c4)cc3c2c1. The highest BCUT2D eigenvalue weighted by atomic mass is 79.9. The van der Waals surface area contributed by atoms with Crippen LogP contribution in [0.1, 0.15) is 0 Å². The molecule has 7 aromatic rings. The fraction of sp³-hybridized carbons (Fsp3) is 0. The van der Waals surface area contributed by atoms with Gasteiger partial charge in [0.25, 0.3) is 0 Å². The molecule has 0 spiro atoms. The van der Waals surface area contributed by atoms with Gasteiger partial charge in [-0.1, -0.05) is 101 Å². The second-order valence-electron chi connectivity index (χ2n) is 9.59. The first-order chi connectivity index (χ1) is 19.2. The first-order valence-electron chi connectivity index (χ1n) is 13.0. The van der Waals surface area contributed by atoms with Gasteiger partial charge in [0.1, 0.15) is 11.2 Å². The van der Waals surface area contributed by atoms with Gasteiger partial charge in [0, 0.05) is 32.3 Å². The van der Waals surface area contributed by atoms with Gasteiger partial charge in [0.05, 0.1) is 0 Å². The predicted molar refractivity (Wildman–Crippen MR) is 167 cm³/mol. The van der Waals surface area contributed by atoms with E-state index in [-0.39, 0.29) is 0 Å². The molecule has 1 aromatic heterocycles. The van der Waals surface area contributed by atoms with Gasteiger partial charge in [-0.15, -0.1) is 0 Å². The molecular weight excluding hydrogens is 542 g/mol. The van der Waals surface area contributed by atoms with E-state index in [0.29, 0.717) is 0 Å². The van der Waals surface area contributed by atoms with Crippen LogP contribution in [-0.2, 0) is 0 Å². The smallest absolute Gasteiger partial charge is 0.135 e. The Kier molecular flexibility index (Phi) is 5.99. The summed E-state index contributed by atoms with van der Waals surface area (Å²) in [6.07, 6.45) is 0. The normalized spacial score (nSPS) is 11.2. The molecule has 0 fully saturated rings. The Hall–Kier alpha value is -4.60. The molecule has 6 aromatic carbocycles. The second-order valence-corrected chi connectivity index (χ2v) is 10.5. The number of furan rings is 1. The summed E-state index contributed by atoms with van der Waals surface area (Å²) in [7, 11) is 0. The summed E-state index contributed by atoms with van der Waals surface area (Å²) in [6, 6.07) is 51.1. The van der Waals surface area contributed by atoms with E-state index < -0.39 is 0 Å². The standard InChI is InChI=1S/C36H24BrNO/c37-29-17-19-35-33(23-29)34-24-32(18-20-36(34)39-35)38(30-15-7-13-27(21-30)25-9-3-1-4-10-25)31-16-8-14-28(22-31)26-11-5-2-6-12-26/h1-24H. The Morgan fingerprint density at radius 2 is 0.897 bits per heavy atom. The zero-order chi connectivity index (χ0) is 26.2. The summed E-state index contributed by atoms with van der Waals surface area (Å²) >= 11 is 3.63. The van der Waals surface area contributed by atoms with E-state index in [9.17, 15) is 0 Å². The van der Waals surface area contributed by atoms with Crippen molar-refractivity contribution in [1.82, 2.24) is 0 Å². The van der Waals surface area contributed by atoms with Crippen molar-refractivity contribution < 1.29 is 4.42 Å². The number of halogens is 1. The molecule has 0 saturated heterocycles. The minimum Gasteiger partial charge on any atom is -0.456 e. The van der Waals surface area contributed by atoms with Crippen molar-refractivity contribution in [2.24, 2.45) is 0 Å². The Balaban J connectivity index is 1.43. The number of benzene rings is 6. The second kappa shape index (κ2) is 9.94. The third kappa shape index (κ3) is 4.52. The molecule has 0 unspecified atom stereocenters. The maximum atomic E-state index is 6.17. The van der Waals surface area contributed by atoms with E-state index in [2.05, 4.69) is 154 Å². The monoisotopic (exact) mass is 565 g/mol. The molecule has 0 radical (unpaired) electrons. The summed E-state index contributed by atoms with van der Waals surface area (Å²) in [6.45, 7) is 0. The van der Waals surface area contributed by atoms with Gasteiger partial charge in [-0.3, -0.25) is 0 Å². The highest BCUT2D eigenvalue weighted by Gasteiger charge is 2.17. The summed E-state index contributed by atoms with van der Waals surface area (Å²) in [5.41, 5.74) is 9.76. The minimum absolute atomic E-state index is 0.878. The topological polar surface area (TPSA) is 16.4 Å². The molecule has 0 atom stereocenters. The lowest BCUT2D eigenvalue weighted by Gasteiger charge is -2.26. The number of fused-ring (bicyclic) bond motifs is 3. The average Bonchev–Trinajstić information content (AvgIpc) is 3.36. The van der Waals surface area contributed by atoms with Gasteiger partial charge < -0.3 is 9.32 Å². The zero-order valence-electron chi connectivity index (χ0n) is 21.1. The number of hydrogen-bond acceptors (Lipinski definition) is 2. The van der Waals surface area contributed by atoms with Crippen LogP contribution in [0.15, 0.2) is 154 Å². The van der Waals surface area contributed by atoms with Gasteiger partial charge in [0.15, 0.2) is 0 Å². The van der Waals surface area contributed by atoms with E-state index in [1.165, 1.54) is 22.3 Å². The number of hydrogen-bond donors (Lipinski definition) is 0. The Morgan fingerprint density at radius 1 is 0.410 bits per heavy atom. The van der Waals surface area contributed by atoms with Gasteiger partial charge in [-0.05, 0) is 82.9 Å². The molecule has 0 amide bonds. The Labute approximate surface area is 235 Å². The molecule has 0 N–H and O–H groups in total. The van der Waals surface area contributed by atoms with Gasteiger partial charge in [0.2, 0.25) is 0 Å². The third-order valence-electron chi connectivity index (χ3n) is 7.10. The molecule has 0 saturated carbocycles. The van der Waals surface area contributed by atoms with Crippen LogP contribution in [0.25, 0.3) is 44.2 Å². The number of nitrogens with zero attached hydrogens (tertiary/aromatic N) is 1. The van der Waals surface area contributed by atoms with Gasteiger partial charge in [-0.25, -0.2) is 0 Å². The fourth-order valence-electron chi connectivity index (χ4n) is 5.23. The quantitative estimate of drug-likeness (QED) is 0.206. The van der Waals surface area contributed by atoms with Crippen LogP contribution in [0.4, 0.5) is 17.1 Å². The van der Waals surface area contributed by atoms with Crippen LogP contribution in [0.5, 0.6) is 0 Å². The largest absolute Gasteiger partial charge is 0.456 e. The molecule has 0 aliphatic carbocycles. The maximum Gasteiger partial charge on any atom is 0.135 e. The first-order valence-corrected chi connectivity index (χ1v) is 13.8. The minimum atomic E-state index is 0.878. The van der Waals surface area contributed by atoms with Crippen molar-refractivity contribution in [2.45, 2.75) is 0 Å². The Bertz CT molecular complexity index is 1840. The molecule has 1 heterocycles. The maximum absolute atomic E-state index is 6.17. The lowest BCUT2D eigenvalue weighted by molar-refractivity contribution is 0.669. The van der Waals surface area contributed by atoms with Crippen molar-refractivity contribution in [3.05, 3.63) is 150 Å². The molecule has 0 bridgehead atoms. The van der Waals surface area contributed by atoms with Gasteiger partial charge >= 0.3 is 0 Å². The van der Waals surface area contributed by atoms with Crippen LogP contribution >= 0.6 is 15.9 Å². The molecular formula is C36H24BrNO. The molecule has 2 nitrogen and oxygen atoms in total. The molecule has 0 aliphatic heterocycles. The summed E-state index contributed by atoms with van der Waals surface area (Å²) < 4.78 is 7.20. The van der Waals surface area contributed by atoms with E-state index in [1.807, 2.05) is 12.1 Å². The van der Waals surface area contributed by atoms with Crippen LogP contribution < -0.4 is 4.90 Å². The van der Waals surface area contributed by atoms with Crippen LogP contribution in [0.3, 0.4) is 0 Å². The molecule has 0 aliphatic rings. The number of rotatable bonds is 5. The first kappa shape index (κ1) is 23.5. The Morgan fingerprint density at radius 3 is 1.49 bits per heavy atom. The predicted octanol–water partition coefficient (Wildman–Crippen LogP) is 11.2. The van der Waals surface area contributed by atoms with Crippen molar-refractivity contribution >= 4 is 54.9 Å². The lowest BCUT2D eigenvalue weighted by atomic mass is 10.0. The summed E-state index contributed by atoms with van der Waals surface area (Å²) in [5, 5.41) is 2.18. The molecule has 7 rings (SSSR count). The van der Waals surface area contributed by atoms with E-state index in [0.717, 1.165) is 43.5 Å². The van der Waals surface area contributed by atoms with Gasteiger partial charge in [-0.2, -0.15) is 0 Å². The van der Waals surface area contributed by atoms with Crippen molar-refractivity contribution in [1.29, 1.82) is 0 Å². The van der Waals surface area contributed by atoms with Crippen LogP contribution in [0.2, 0.25) is 0 Å². The molecule has 39 heavy (non-hydrogen) atoms. The highest BCUT2D eigenvalue weighted by molar-refractivity contribution is 9.10. The van der Waals surface area contributed by atoms with Crippen molar-refractivity contribution in [3.8, 4) is 22.3 Å². The zero-order valence-corrected chi connectivity index (χ0v) is 22.7. The number of anilines is 3. The highest BCUT2D eigenvalue weighted by Crippen LogP contribution is 2.41. The molecule has 186 valence electrons. The molecule has 3 heteroatoms. The third-order valence-corrected chi connectivity index (χ3v) is 7.59. The van der Waals surface area contributed by atoms with E-state index in [4.69, 9.17) is 4.42 Å². The fourth-order valence-corrected chi connectivity index (χ4v) is 5.60. The van der Waals surface area contributed by atoms with E-state index >= 15 is 0 Å². The summed E-state index contributed by atoms with van der Waals surface area (Å²) in [4.78, 5) is 2.33. The van der Waals surface area contributed by atoms with Crippen LogP contribution in [-0.4, -0.2) is 0 Å². The van der Waals surface area contributed by atoms with Crippen molar-refractivity contribution in [2.75, 3.05) is 4.90 Å². The average molecular weight is 566 g/mol. The van der Waals surface area contributed by atoms with E-state index in [1.54, 1.807) is 0 Å². The van der Waals surface area contributed by atoms with Crippen molar-refractivity contribution in [3.63, 3.8) is 0 Å². The van der Waals surface area contributed by atoms with Crippen LogP contribution in [0, 0.1) is 0 Å². The summed E-state index contributed by atoms with van der Waals surface area (Å²) in [5.74, 6) is 0. The lowest BCUT2D eigenvalue weighted by Crippen LogP contribution is -2.10.